The molecule has 6 nitrogen and oxygen atoms in total. The van der Waals surface area contributed by atoms with Crippen LogP contribution in [0.3, 0.4) is 0 Å². The molecule has 0 amide bonds. The number of carbonyl (C=O) groups is 2. The molecule has 0 saturated heterocycles. The van der Waals surface area contributed by atoms with Gasteiger partial charge in [-0.2, -0.15) is 4.58 Å². The van der Waals surface area contributed by atoms with E-state index in [2.05, 4.69) is 104 Å². The van der Waals surface area contributed by atoms with Crippen molar-refractivity contribution in [3.8, 4) is 0 Å². The Kier molecular flexibility index (Phi) is 9.52. The molecule has 2 aliphatic heterocycles. The number of aliphatic carboxylic acids is 2. The van der Waals surface area contributed by atoms with E-state index >= 15 is 0 Å². The van der Waals surface area contributed by atoms with E-state index in [9.17, 15) is 9.59 Å². The van der Waals surface area contributed by atoms with Gasteiger partial charge in [-0.15, -0.1) is 0 Å². The number of hydrogen-bond acceptors (Lipinski definition) is 3. The van der Waals surface area contributed by atoms with E-state index in [4.69, 9.17) is 10.2 Å². The minimum Gasteiger partial charge on any atom is -0.481 e. The van der Waals surface area contributed by atoms with Crippen LogP contribution in [0.2, 0.25) is 0 Å². The van der Waals surface area contributed by atoms with Crippen LogP contribution < -0.4 is 4.90 Å². The van der Waals surface area contributed by atoms with Gasteiger partial charge in [0.1, 0.15) is 6.54 Å². The lowest BCUT2D eigenvalue weighted by Crippen LogP contribution is -2.28. The van der Waals surface area contributed by atoms with Crippen molar-refractivity contribution in [1.29, 1.82) is 0 Å². The number of carboxylic acids is 2. The van der Waals surface area contributed by atoms with Crippen LogP contribution >= 0.6 is 0 Å². The van der Waals surface area contributed by atoms with Crippen molar-refractivity contribution in [2.24, 2.45) is 0 Å². The Balaban J connectivity index is 1.61. The third-order valence-electron chi connectivity index (χ3n) is 8.65. The van der Waals surface area contributed by atoms with Gasteiger partial charge in [-0.1, -0.05) is 62.7 Å². The molecule has 2 aromatic carbocycles. The second-order valence-electron chi connectivity index (χ2n) is 12.3. The van der Waals surface area contributed by atoms with Gasteiger partial charge in [-0.05, 0) is 57.2 Å². The zero-order valence-corrected chi connectivity index (χ0v) is 25.0. The van der Waals surface area contributed by atoms with Crippen molar-refractivity contribution in [2.45, 2.75) is 89.9 Å². The van der Waals surface area contributed by atoms with E-state index in [1.54, 1.807) is 0 Å². The average Bonchev–Trinajstić information content (AvgIpc) is 3.27. The number of unbranched alkanes of at least 4 members (excludes halogenated alkanes) is 4. The van der Waals surface area contributed by atoms with Gasteiger partial charge in [0.15, 0.2) is 5.71 Å². The largest absolute Gasteiger partial charge is 0.481 e. The summed E-state index contributed by atoms with van der Waals surface area (Å²) in [7, 11) is 0. The average molecular weight is 558 g/mol. The Hall–Kier alpha value is -3.67. The molecule has 6 heteroatoms. The van der Waals surface area contributed by atoms with Gasteiger partial charge in [0.25, 0.3) is 0 Å². The van der Waals surface area contributed by atoms with Gasteiger partial charge in [0, 0.05) is 60.3 Å². The summed E-state index contributed by atoms with van der Waals surface area (Å²) < 4.78 is 2.42. The number of carboxylic acid groups (broad SMARTS) is 2. The summed E-state index contributed by atoms with van der Waals surface area (Å²) in [6.45, 7) is 10.8. The third-order valence-corrected chi connectivity index (χ3v) is 8.65. The maximum absolute atomic E-state index is 10.9. The fourth-order valence-corrected chi connectivity index (χ4v) is 6.44. The van der Waals surface area contributed by atoms with Crippen LogP contribution in [-0.2, 0) is 20.4 Å². The molecular formula is C35H45N2O4+. The normalized spacial score (nSPS) is 17.9. The highest BCUT2D eigenvalue weighted by atomic mass is 16.4. The van der Waals surface area contributed by atoms with Gasteiger partial charge in [0.05, 0.1) is 5.41 Å². The molecule has 4 rings (SSSR count). The Morgan fingerprint density at radius 3 is 2.07 bits per heavy atom. The fraction of sp³-hybridized carbons (Fsp3) is 0.457. The Morgan fingerprint density at radius 2 is 1.39 bits per heavy atom. The van der Waals surface area contributed by atoms with E-state index in [-0.39, 0.29) is 23.7 Å². The van der Waals surface area contributed by atoms with Crippen molar-refractivity contribution >= 4 is 29.0 Å². The van der Waals surface area contributed by atoms with E-state index in [0.717, 1.165) is 38.8 Å². The molecule has 0 atom stereocenters. The zero-order valence-electron chi connectivity index (χ0n) is 25.0. The highest BCUT2D eigenvalue weighted by molar-refractivity contribution is 6.03. The monoisotopic (exact) mass is 557 g/mol. The smallest absolute Gasteiger partial charge is 0.303 e. The molecule has 41 heavy (non-hydrogen) atoms. The van der Waals surface area contributed by atoms with Gasteiger partial charge in [0.2, 0.25) is 5.69 Å². The minimum atomic E-state index is -0.729. The Labute approximate surface area is 244 Å². The van der Waals surface area contributed by atoms with Crippen LogP contribution in [0.4, 0.5) is 11.4 Å². The number of allylic oxidation sites excluding steroid dienone is 4. The van der Waals surface area contributed by atoms with Crippen LogP contribution in [0.1, 0.15) is 90.2 Å². The van der Waals surface area contributed by atoms with Crippen molar-refractivity contribution in [3.05, 3.63) is 83.6 Å². The highest BCUT2D eigenvalue weighted by Gasteiger charge is 2.44. The third kappa shape index (κ3) is 6.64. The first-order valence-corrected chi connectivity index (χ1v) is 15.0. The summed E-state index contributed by atoms with van der Waals surface area (Å²) in [6.07, 6.45) is 12.2. The molecule has 2 heterocycles. The summed E-state index contributed by atoms with van der Waals surface area (Å²) in [5, 5.41) is 18.0. The number of nitrogens with zero attached hydrogens (tertiary/aromatic N) is 2. The summed E-state index contributed by atoms with van der Waals surface area (Å²) in [5.41, 5.74) is 7.31. The first-order valence-electron chi connectivity index (χ1n) is 15.0. The van der Waals surface area contributed by atoms with Crippen molar-refractivity contribution < 1.29 is 24.4 Å². The number of benzene rings is 2. The lowest BCUT2D eigenvalue weighted by atomic mass is 9.81. The number of para-hydroxylation sites is 2. The Morgan fingerprint density at radius 1 is 0.780 bits per heavy atom. The van der Waals surface area contributed by atoms with Gasteiger partial charge in [-0.25, -0.2) is 0 Å². The maximum atomic E-state index is 10.9. The second kappa shape index (κ2) is 12.9. The fourth-order valence-electron chi connectivity index (χ4n) is 6.44. The molecule has 0 bridgehead atoms. The van der Waals surface area contributed by atoms with E-state index in [1.165, 1.54) is 33.9 Å². The number of rotatable bonds is 14. The predicted octanol–water partition coefficient (Wildman–Crippen LogP) is 7.59. The molecule has 0 saturated carbocycles. The molecule has 2 aromatic rings. The van der Waals surface area contributed by atoms with Crippen LogP contribution in [0.15, 0.2) is 72.5 Å². The molecule has 0 unspecified atom stereocenters. The van der Waals surface area contributed by atoms with Crippen LogP contribution in [0.25, 0.3) is 0 Å². The molecule has 0 radical (unpaired) electrons. The first kappa shape index (κ1) is 30.3. The van der Waals surface area contributed by atoms with E-state index in [1.807, 2.05) is 0 Å². The predicted molar refractivity (Wildman–Crippen MR) is 166 cm³/mol. The number of fused-ring (bicyclic) bond motifs is 2. The highest BCUT2D eigenvalue weighted by Crippen LogP contribution is 2.48. The second-order valence-corrected chi connectivity index (χ2v) is 12.3. The molecule has 0 aliphatic carbocycles. The minimum absolute atomic E-state index is 0.148. The van der Waals surface area contributed by atoms with Crippen LogP contribution in [0, 0.1) is 0 Å². The SMILES string of the molecule is CC1(C)C(/C=C/C=C2/N(CCCCCC(=O)O)c3ccccc3C2(C)C)=[N+](CCCCCC(=O)O)c2ccccc21. The zero-order chi connectivity index (χ0) is 29.6. The summed E-state index contributed by atoms with van der Waals surface area (Å²) in [5.74, 6) is -1.46. The molecule has 0 spiro atoms. The van der Waals surface area contributed by atoms with Crippen molar-refractivity contribution in [3.63, 3.8) is 0 Å². The Bertz CT molecular complexity index is 1370. The topological polar surface area (TPSA) is 80.9 Å². The van der Waals surface area contributed by atoms with Gasteiger partial charge in [-0.3, -0.25) is 9.59 Å². The summed E-state index contributed by atoms with van der Waals surface area (Å²) in [6, 6.07) is 17.2. The van der Waals surface area contributed by atoms with Crippen LogP contribution in [-0.4, -0.2) is 45.5 Å². The van der Waals surface area contributed by atoms with Crippen molar-refractivity contribution in [2.75, 3.05) is 18.0 Å². The summed E-state index contributed by atoms with van der Waals surface area (Å²) >= 11 is 0. The molecule has 0 aromatic heterocycles. The molecule has 218 valence electrons. The molecule has 2 aliphatic rings. The van der Waals surface area contributed by atoms with E-state index in [0.29, 0.717) is 12.8 Å². The van der Waals surface area contributed by atoms with Gasteiger partial charge < -0.3 is 15.1 Å². The van der Waals surface area contributed by atoms with Crippen LogP contribution in [0.5, 0.6) is 0 Å². The standard InChI is InChI=1S/C35H44N2O4/c1-34(2)26-16-9-11-18-28(26)36(24-13-5-7-22-32(38)39)30(34)20-15-21-31-35(3,4)27-17-10-12-19-29(27)37(31)25-14-6-8-23-33(40)41/h9-12,15-21H,5-8,13-14,22-25H2,1-4H3,(H-,38,39,40,41)/p+1. The van der Waals surface area contributed by atoms with Crippen molar-refractivity contribution in [1.82, 2.24) is 0 Å². The first-order chi connectivity index (χ1) is 19.5. The maximum Gasteiger partial charge on any atom is 0.303 e. The number of anilines is 1. The molecule has 0 fully saturated rings. The molecule has 2 N–H and O–H groups in total. The van der Waals surface area contributed by atoms with E-state index < -0.39 is 11.9 Å². The quantitative estimate of drug-likeness (QED) is 0.185. The lowest BCUT2D eigenvalue weighted by molar-refractivity contribution is -0.438. The molecular weight excluding hydrogens is 512 g/mol. The summed E-state index contributed by atoms with van der Waals surface area (Å²) in [4.78, 5) is 24.3. The number of hydrogen-bond donors (Lipinski definition) is 2. The van der Waals surface area contributed by atoms with Gasteiger partial charge >= 0.3 is 11.9 Å². The lowest BCUT2D eigenvalue weighted by Gasteiger charge is -2.27.